The van der Waals surface area contributed by atoms with Gasteiger partial charge in [0.2, 0.25) is 0 Å². The van der Waals surface area contributed by atoms with E-state index in [1.54, 1.807) is 17.0 Å². The first-order chi connectivity index (χ1) is 15.0. The van der Waals surface area contributed by atoms with Gasteiger partial charge in [-0.1, -0.05) is 30.3 Å². The summed E-state index contributed by atoms with van der Waals surface area (Å²) in [5.74, 6) is -0.609. The average Bonchev–Trinajstić information content (AvgIpc) is 3.34. The van der Waals surface area contributed by atoms with Gasteiger partial charge in [-0.15, -0.1) is 0 Å². The SMILES string of the molecule is CC(C)OCCCN1C(=O)C(=O)/C(=C(\O)c2ccc3c(c2)CCO3)C1c1ccccc1. The van der Waals surface area contributed by atoms with Crippen molar-refractivity contribution in [1.29, 1.82) is 0 Å². The van der Waals surface area contributed by atoms with Crippen LogP contribution in [0.4, 0.5) is 0 Å². The monoisotopic (exact) mass is 421 g/mol. The molecule has 6 heteroatoms. The van der Waals surface area contributed by atoms with Crippen LogP contribution in [0.2, 0.25) is 0 Å². The normalized spacial score (nSPS) is 19.7. The molecule has 1 N–H and O–H groups in total. The minimum absolute atomic E-state index is 0.101. The number of likely N-dealkylation sites (tertiary alicyclic amines) is 1. The predicted molar refractivity (Wildman–Crippen MR) is 117 cm³/mol. The van der Waals surface area contributed by atoms with E-state index in [4.69, 9.17) is 9.47 Å². The summed E-state index contributed by atoms with van der Waals surface area (Å²) in [4.78, 5) is 27.5. The number of hydrogen-bond donors (Lipinski definition) is 1. The third-order valence-corrected chi connectivity index (χ3v) is 5.61. The van der Waals surface area contributed by atoms with Crippen molar-refractivity contribution in [1.82, 2.24) is 4.90 Å². The molecule has 0 saturated carbocycles. The first-order valence-corrected chi connectivity index (χ1v) is 10.7. The van der Waals surface area contributed by atoms with E-state index in [-0.39, 0.29) is 17.4 Å². The largest absolute Gasteiger partial charge is 0.507 e. The highest BCUT2D eigenvalue weighted by Gasteiger charge is 2.45. The third-order valence-electron chi connectivity index (χ3n) is 5.61. The standard InChI is InChI=1S/C25H27NO5/c1-16(2)30-13-6-12-26-22(17-7-4-3-5-8-17)21(24(28)25(26)29)23(27)19-9-10-20-18(15-19)11-14-31-20/h3-5,7-10,15-16,22,27H,6,11-14H2,1-2H3/b23-21-. The Kier molecular flexibility index (Phi) is 6.09. The van der Waals surface area contributed by atoms with E-state index in [1.807, 2.05) is 50.2 Å². The van der Waals surface area contributed by atoms with E-state index in [9.17, 15) is 14.7 Å². The van der Waals surface area contributed by atoms with Gasteiger partial charge in [0.15, 0.2) is 0 Å². The van der Waals surface area contributed by atoms with Gasteiger partial charge in [-0.05, 0) is 49.6 Å². The Labute approximate surface area is 182 Å². The van der Waals surface area contributed by atoms with Crippen molar-refractivity contribution in [2.24, 2.45) is 0 Å². The van der Waals surface area contributed by atoms with Gasteiger partial charge in [-0.3, -0.25) is 9.59 Å². The van der Waals surface area contributed by atoms with E-state index in [2.05, 4.69) is 0 Å². The molecule has 0 spiro atoms. The van der Waals surface area contributed by atoms with Gasteiger partial charge in [-0.2, -0.15) is 0 Å². The number of aliphatic hydroxyl groups excluding tert-OH is 1. The summed E-state index contributed by atoms with van der Waals surface area (Å²) in [6.07, 6.45) is 1.46. The van der Waals surface area contributed by atoms with Crippen LogP contribution >= 0.6 is 0 Å². The number of aliphatic hydroxyl groups is 1. The van der Waals surface area contributed by atoms with Gasteiger partial charge < -0.3 is 19.5 Å². The zero-order valence-corrected chi connectivity index (χ0v) is 17.8. The van der Waals surface area contributed by atoms with Gasteiger partial charge in [0.25, 0.3) is 11.7 Å². The first-order valence-electron chi connectivity index (χ1n) is 10.7. The molecule has 2 aliphatic heterocycles. The molecule has 1 amide bonds. The molecular formula is C25H27NO5. The van der Waals surface area contributed by atoms with Crippen molar-refractivity contribution in [2.45, 2.75) is 38.8 Å². The van der Waals surface area contributed by atoms with Crippen molar-refractivity contribution in [3.63, 3.8) is 0 Å². The summed E-state index contributed by atoms with van der Waals surface area (Å²) < 4.78 is 11.1. The first kappa shape index (κ1) is 21.1. The van der Waals surface area contributed by atoms with Crippen LogP contribution in [0.15, 0.2) is 54.1 Å². The number of carbonyl (C=O) groups is 2. The maximum absolute atomic E-state index is 13.0. The van der Waals surface area contributed by atoms with Gasteiger partial charge in [0.05, 0.1) is 24.3 Å². The Morgan fingerprint density at radius 2 is 1.97 bits per heavy atom. The number of hydrogen-bond acceptors (Lipinski definition) is 5. The Hall–Kier alpha value is -3.12. The summed E-state index contributed by atoms with van der Waals surface area (Å²) in [5, 5.41) is 11.1. The van der Waals surface area contributed by atoms with Crippen LogP contribution in [0, 0.1) is 0 Å². The van der Waals surface area contributed by atoms with Crippen molar-refractivity contribution in [2.75, 3.05) is 19.8 Å². The second-order valence-corrected chi connectivity index (χ2v) is 8.10. The number of ketones is 1. The second kappa shape index (κ2) is 8.94. The highest BCUT2D eigenvalue weighted by molar-refractivity contribution is 6.46. The number of rotatable bonds is 7. The maximum atomic E-state index is 13.0. The Morgan fingerprint density at radius 3 is 2.71 bits per heavy atom. The number of benzene rings is 2. The lowest BCUT2D eigenvalue weighted by atomic mass is 9.94. The van der Waals surface area contributed by atoms with Crippen LogP contribution in [0.5, 0.6) is 5.75 Å². The third kappa shape index (κ3) is 4.21. The summed E-state index contributed by atoms with van der Waals surface area (Å²) >= 11 is 0. The zero-order valence-electron chi connectivity index (χ0n) is 17.8. The molecule has 31 heavy (non-hydrogen) atoms. The van der Waals surface area contributed by atoms with Gasteiger partial charge in [0, 0.05) is 25.1 Å². The maximum Gasteiger partial charge on any atom is 0.295 e. The highest BCUT2D eigenvalue weighted by Crippen LogP contribution is 2.40. The summed E-state index contributed by atoms with van der Waals surface area (Å²) in [7, 11) is 0. The molecule has 0 bridgehead atoms. The minimum Gasteiger partial charge on any atom is -0.507 e. The molecule has 0 radical (unpaired) electrons. The molecule has 2 heterocycles. The van der Waals surface area contributed by atoms with Gasteiger partial charge in [-0.25, -0.2) is 0 Å². The Balaban J connectivity index is 1.72. The number of ether oxygens (including phenoxy) is 2. The fourth-order valence-corrected chi connectivity index (χ4v) is 4.14. The summed E-state index contributed by atoms with van der Waals surface area (Å²) in [6, 6.07) is 14.1. The molecule has 1 unspecified atom stereocenters. The highest BCUT2D eigenvalue weighted by atomic mass is 16.5. The molecule has 2 aromatic rings. The van der Waals surface area contributed by atoms with Crippen LogP contribution in [0.1, 0.15) is 43.0 Å². The van der Waals surface area contributed by atoms with E-state index >= 15 is 0 Å². The number of fused-ring (bicyclic) bond motifs is 1. The number of amides is 1. The quantitative estimate of drug-likeness (QED) is 0.318. The molecule has 1 saturated heterocycles. The van der Waals surface area contributed by atoms with Crippen molar-refractivity contribution in [3.8, 4) is 5.75 Å². The molecule has 1 fully saturated rings. The van der Waals surface area contributed by atoms with Crippen LogP contribution in [-0.4, -0.2) is 47.6 Å². The summed E-state index contributed by atoms with van der Waals surface area (Å²) in [5.41, 5.74) is 2.42. The van der Waals surface area contributed by atoms with E-state index in [1.165, 1.54) is 0 Å². The number of Topliss-reactive ketones (excluding diaryl/α,β-unsaturated/α-hetero) is 1. The van der Waals surface area contributed by atoms with Crippen molar-refractivity contribution < 1.29 is 24.2 Å². The molecule has 1 atom stereocenters. The van der Waals surface area contributed by atoms with Gasteiger partial charge >= 0.3 is 0 Å². The molecule has 2 aliphatic rings. The zero-order chi connectivity index (χ0) is 22.0. The molecule has 0 aliphatic carbocycles. The number of carbonyl (C=O) groups excluding carboxylic acids is 2. The molecule has 4 rings (SSSR count). The predicted octanol–water partition coefficient (Wildman–Crippen LogP) is 3.86. The Bertz CT molecular complexity index is 1010. The summed E-state index contributed by atoms with van der Waals surface area (Å²) in [6.45, 7) is 5.38. The van der Waals surface area contributed by atoms with Crippen LogP contribution < -0.4 is 4.74 Å². The molecule has 162 valence electrons. The van der Waals surface area contributed by atoms with Crippen LogP contribution in [0.25, 0.3) is 5.76 Å². The topological polar surface area (TPSA) is 76.1 Å². The molecule has 0 aromatic heterocycles. The lowest BCUT2D eigenvalue weighted by Crippen LogP contribution is -2.31. The number of nitrogens with zero attached hydrogens (tertiary/aromatic N) is 1. The average molecular weight is 421 g/mol. The van der Waals surface area contributed by atoms with Crippen LogP contribution in [-0.2, 0) is 20.7 Å². The molecule has 2 aromatic carbocycles. The fourth-order valence-electron chi connectivity index (χ4n) is 4.14. The molecular weight excluding hydrogens is 394 g/mol. The van der Waals surface area contributed by atoms with E-state index < -0.39 is 17.7 Å². The lowest BCUT2D eigenvalue weighted by Gasteiger charge is -2.25. The van der Waals surface area contributed by atoms with Crippen molar-refractivity contribution >= 4 is 17.4 Å². The van der Waals surface area contributed by atoms with Crippen LogP contribution in [0.3, 0.4) is 0 Å². The smallest absolute Gasteiger partial charge is 0.295 e. The van der Waals surface area contributed by atoms with Gasteiger partial charge in [0.1, 0.15) is 11.5 Å². The van der Waals surface area contributed by atoms with E-state index in [0.717, 1.165) is 23.3 Å². The fraction of sp³-hybridized carbons (Fsp3) is 0.360. The van der Waals surface area contributed by atoms with Crippen molar-refractivity contribution in [3.05, 3.63) is 70.8 Å². The Morgan fingerprint density at radius 1 is 1.19 bits per heavy atom. The van der Waals surface area contributed by atoms with E-state index in [0.29, 0.717) is 31.7 Å². The molecule has 6 nitrogen and oxygen atoms in total. The minimum atomic E-state index is -0.659. The second-order valence-electron chi connectivity index (χ2n) is 8.10. The lowest BCUT2D eigenvalue weighted by molar-refractivity contribution is -0.140.